The fourth-order valence-corrected chi connectivity index (χ4v) is 5.49. The number of sulfonamides is 1. The Balaban J connectivity index is 1.81. The molecule has 0 spiro atoms. The lowest BCUT2D eigenvalue weighted by molar-refractivity contribution is -0.123. The van der Waals surface area contributed by atoms with Crippen molar-refractivity contribution in [2.24, 2.45) is 5.92 Å². The van der Waals surface area contributed by atoms with Crippen molar-refractivity contribution in [2.75, 3.05) is 25.0 Å². The Labute approximate surface area is 169 Å². The molecule has 1 fully saturated rings. The molecule has 1 amide bonds. The van der Waals surface area contributed by atoms with Gasteiger partial charge in [0.15, 0.2) is 0 Å². The van der Waals surface area contributed by atoms with Crippen LogP contribution in [0.3, 0.4) is 0 Å². The molecule has 1 aliphatic rings. The Kier molecular flexibility index (Phi) is 6.11. The molecule has 0 bridgehead atoms. The van der Waals surface area contributed by atoms with Crippen molar-refractivity contribution in [3.8, 4) is 0 Å². The number of halogens is 2. The van der Waals surface area contributed by atoms with Gasteiger partial charge in [-0.2, -0.15) is 4.31 Å². The summed E-state index contributed by atoms with van der Waals surface area (Å²) < 4.78 is 27.4. The Morgan fingerprint density at radius 2 is 1.85 bits per heavy atom. The molecule has 1 heterocycles. The Morgan fingerprint density at radius 1 is 1.15 bits per heavy atom. The van der Waals surface area contributed by atoms with Gasteiger partial charge in [-0.05, 0) is 43.2 Å². The average molecular weight is 427 g/mol. The third-order valence-electron chi connectivity index (χ3n) is 4.72. The molecule has 1 atom stereocenters. The molecular weight excluding hydrogens is 407 g/mol. The predicted octanol–water partition coefficient (Wildman–Crippen LogP) is 4.06. The van der Waals surface area contributed by atoms with E-state index in [1.54, 1.807) is 18.0 Å². The molecular formula is C19H20Cl2N2O3S. The monoisotopic (exact) mass is 426 g/mol. The van der Waals surface area contributed by atoms with E-state index in [1.807, 2.05) is 30.3 Å². The molecule has 3 rings (SSSR count). The van der Waals surface area contributed by atoms with Gasteiger partial charge in [0.1, 0.15) is 4.90 Å². The van der Waals surface area contributed by atoms with Crippen LogP contribution >= 0.6 is 23.2 Å². The highest BCUT2D eigenvalue weighted by Crippen LogP contribution is 2.31. The molecule has 5 nitrogen and oxygen atoms in total. The molecule has 1 aliphatic heterocycles. The largest absolute Gasteiger partial charge is 0.315 e. The molecule has 0 N–H and O–H groups in total. The van der Waals surface area contributed by atoms with Crippen molar-refractivity contribution < 1.29 is 13.2 Å². The maximum Gasteiger partial charge on any atom is 0.244 e. The van der Waals surface area contributed by atoms with Crippen LogP contribution < -0.4 is 4.90 Å². The van der Waals surface area contributed by atoms with Crippen molar-refractivity contribution in [3.05, 3.63) is 58.6 Å². The van der Waals surface area contributed by atoms with Crippen LogP contribution in [0.2, 0.25) is 10.0 Å². The van der Waals surface area contributed by atoms with Gasteiger partial charge in [0.25, 0.3) is 0 Å². The summed E-state index contributed by atoms with van der Waals surface area (Å²) in [5.74, 6) is -0.505. The second-order valence-electron chi connectivity index (χ2n) is 6.51. The van der Waals surface area contributed by atoms with Crippen LogP contribution in [0.1, 0.15) is 12.8 Å². The van der Waals surface area contributed by atoms with Gasteiger partial charge in [-0.1, -0.05) is 41.4 Å². The molecule has 2 aromatic carbocycles. The summed E-state index contributed by atoms with van der Waals surface area (Å²) in [7, 11) is -2.12. The molecule has 2 aromatic rings. The lowest BCUT2D eigenvalue weighted by Crippen LogP contribution is -2.46. The Hall–Kier alpha value is -1.60. The molecule has 8 heteroatoms. The minimum atomic E-state index is -3.83. The standard InChI is InChI=1S/C19H20Cl2N2O3S/c1-22(16-7-3-2-4-8-16)19(24)14-6-5-11-23(13-14)27(25,26)18-12-15(20)9-10-17(18)21/h2-4,7-10,12,14H,5-6,11,13H2,1H3. The zero-order chi connectivity index (χ0) is 19.6. The fraction of sp³-hybridized carbons (Fsp3) is 0.316. The van der Waals surface area contributed by atoms with E-state index in [1.165, 1.54) is 16.4 Å². The summed E-state index contributed by atoms with van der Waals surface area (Å²) in [4.78, 5) is 14.4. The van der Waals surface area contributed by atoms with Gasteiger partial charge in [-0.25, -0.2) is 8.42 Å². The summed E-state index contributed by atoms with van der Waals surface area (Å²) in [5.41, 5.74) is 0.778. The number of carbonyl (C=O) groups is 1. The number of carbonyl (C=O) groups excluding carboxylic acids is 1. The maximum absolute atomic E-state index is 13.0. The van der Waals surface area contributed by atoms with Crippen molar-refractivity contribution in [2.45, 2.75) is 17.7 Å². The first kappa shape index (κ1) is 20.1. The zero-order valence-electron chi connectivity index (χ0n) is 14.8. The van der Waals surface area contributed by atoms with Gasteiger partial charge >= 0.3 is 0 Å². The summed E-state index contributed by atoms with van der Waals surface area (Å²) >= 11 is 12.0. The van der Waals surface area contributed by atoms with E-state index in [0.717, 1.165) is 5.69 Å². The van der Waals surface area contributed by atoms with Crippen LogP contribution in [0.5, 0.6) is 0 Å². The van der Waals surface area contributed by atoms with Gasteiger partial charge in [0.2, 0.25) is 15.9 Å². The topological polar surface area (TPSA) is 57.7 Å². The van der Waals surface area contributed by atoms with E-state index in [-0.39, 0.29) is 22.4 Å². The van der Waals surface area contributed by atoms with Gasteiger partial charge in [0, 0.05) is 30.8 Å². The number of hydrogen-bond donors (Lipinski definition) is 0. The molecule has 0 saturated carbocycles. The van der Waals surface area contributed by atoms with Crippen LogP contribution in [0.15, 0.2) is 53.4 Å². The molecule has 27 heavy (non-hydrogen) atoms. The highest BCUT2D eigenvalue weighted by Gasteiger charge is 2.35. The SMILES string of the molecule is CN(C(=O)C1CCCN(S(=O)(=O)c2cc(Cl)ccc2Cl)C1)c1ccccc1. The maximum atomic E-state index is 13.0. The number of benzene rings is 2. The van der Waals surface area contributed by atoms with Gasteiger partial charge in [0.05, 0.1) is 10.9 Å². The number of hydrogen-bond acceptors (Lipinski definition) is 3. The van der Waals surface area contributed by atoms with Gasteiger partial charge in [-0.15, -0.1) is 0 Å². The normalized spacial score (nSPS) is 18.3. The first-order valence-electron chi connectivity index (χ1n) is 8.58. The number of para-hydroxylation sites is 1. The molecule has 0 aromatic heterocycles. The Morgan fingerprint density at radius 3 is 2.56 bits per heavy atom. The van der Waals surface area contributed by atoms with Crippen LogP contribution in [0.4, 0.5) is 5.69 Å². The number of amides is 1. The minimum absolute atomic E-state index is 0.0267. The van der Waals surface area contributed by atoms with E-state index in [0.29, 0.717) is 24.4 Å². The van der Waals surface area contributed by atoms with Gasteiger partial charge < -0.3 is 4.90 Å². The molecule has 1 saturated heterocycles. The van der Waals surface area contributed by atoms with E-state index in [9.17, 15) is 13.2 Å². The van der Waals surface area contributed by atoms with Crippen LogP contribution in [-0.4, -0.2) is 38.8 Å². The number of piperidine rings is 1. The third kappa shape index (κ3) is 4.29. The first-order valence-corrected chi connectivity index (χ1v) is 10.8. The van der Waals surface area contributed by atoms with E-state index in [4.69, 9.17) is 23.2 Å². The zero-order valence-corrected chi connectivity index (χ0v) is 17.1. The Bertz CT molecular complexity index is 935. The van der Waals surface area contributed by atoms with Crippen LogP contribution in [-0.2, 0) is 14.8 Å². The molecule has 0 aliphatic carbocycles. The van der Waals surface area contributed by atoms with Crippen molar-refractivity contribution >= 4 is 44.8 Å². The van der Waals surface area contributed by atoms with E-state index >= 15 is 0 Å². The second-order valence-corrected chi connectivity index (χ2v) is 9.26. The van der Waals surface area contributed by atoms with Crippen LogP contribution in [0, 0.1) is 5.92 Å². The number of nitrogens with zero attached hydrogens (tertiary/aromatic N) is 2. The first-order chi connectivity index (χ1) is 12.8. The fourth-order valence-electron chi connectivity index (χ4n) is 3.23. The molecule has 1 unspecified atom stereocenters. The number of anilines is 1. The summed E-state index contributed by atoms with van der Waals surface area (Å²) in [6.07, 6.45) is 1.25. The van der Waals surface area contributed by atoms with Crippen molar-refractivity contribution in [1.82, 2.24) is 4.31 Å². The molecule has 144 valence electrons. The van der Waals surface area contributed by atoms with Crippen LogP contribution in [0.25, 0.3) is 0 Å². The summed E-state index contributed by atoms with van der Waals surface area (Å²) in [6, 6.07) is 13.6. The average Bonchev–Trinajstić information content (AvgIpc) is 2.69. The third-order valence-corrected chi connectivity index (χ3v) is 7.30. The summed E-state index contributed by atoms with van der Waals surface area (Å²) in [5, 5.41) is 0.417. The lowest BCUT2D eigenvalue weighted by Gasteiger charge is -2.33. The van der Waals surface area contributed by atoms with E-state index in [2.05, 4.69) is 0 Å². The number of rotatable bonds is 4. The second kappa shape index (κ2) is 8.19. The molecule has 0 radical (unpaired) electrons. The minimum Gasteiger partial charge on any atom is -0.315 e. The van der Waals surface area contributed by atoms with E-state index < -0.39 is 15.9 Å². The highest BCUT2D eigenvalue weighted by atomic mass is 35.5. The quantitative estimate of drug-likeness (QED) is 0.740. The van der Waals surface area contributed by atoms with Crippen molar-refractivity contribution in [1.29, 1.82) is 0 Å². The predicted molar refractivity (Wildman–Crippen MR) is 108 cm³/mol. The lowest BCUT2D eigenvalue weighted by atomic mass is 9.98. The highest BCUT2D eigenvalue weighted by molar-refractivity contribution is 7.89. The summed E-state index contributed by atoms with van der Waals surface area (Å²) in [6.45, 7) is 0.477. The smallest absolute Gasteiger partial charge is 0.244 e. The van der Waals surface area contributed by atoms with Crippen molar-refractivity contribution in [3.63, 3.8) is 0 Å². The van der Waals surface area contributed by atoms with Gasteiger partial charge in [-0.3, -0.25) is 4.79 Å².